The molecule has 2 fully saturated rings. The molecule has 4 aromatic rings. The lowest BCUT2D eigenvalue weighted by Gasteiger charge is -2.39. The Morgan fingerprint density at radius 3 is 2.49 bits per heavy atom. The van der Waals surface area contributed by atoms with Crippen molar-refractivity contribution in [3.8, 4) is 11.6 Å². The first kappa shape index (κ1) is 34.0. The number of piperidine rings is 1. The first-order valence-corrected chi connectivity index (χ1v) is 16.2. The molecule has 49 heavy (non-hydrogen) atoms. The van der Waals surface area contributed by atoms with E-state index in [-0.39, 0.29) is 48.5 Å². The van der Waals surface area contributed by atoms with E-state index in [1.807, 2.05) is 35.2 Å². The average Bonchev–Trinajstić information content (AvgIpc) is 3.67. The first-order chi connectivity index (χ1) is 23.3. The lowest BCUT2D eigenvalue weighted by molar-refractivity contribution is -0.198. The number of carbonyl (C=O) groups is 2. The molecule has 6 rings (SSSR count). The third-order valence-electron chi connectivity index (χ3n) is 8.87. The van der Waals surface area contributed by atoms with Crippen LogP contribution in [0.5, 0.6) is 5.88 Å². The number of hydrogen-bond acceptors (Lipinski definition) is 9. The molecule has 0 radical (unpaired) electrons. The molecule has 2 aromatic heterocycles. The maximum atomic E-state index is 14.6. The van der Waals surface area contributed by atoms with Crippen molar-refractivity contribution in [2.24, 2.45) is 5.41 Å². The van der Waals surface area contributed by atoms with Crippen molar-refractivity contribution < 1.29 is 37.3 Å². The SMILES string of the molecule is Cc1ccn(-c2cc(Br)ccc2[C@@H](Oc2cc(N3CCC4(CC3)CC(C(=O)O)N(C(=O)OCc3ccccc3)C4)nc(N)n2)C(F)(F)F)n1. The highest BCUT2D eigenvalue weighted by molar-refractivity contribution is 9.10. The molecule has 12 nitrogen and oxygen atoms in total. The van der Waals surface area contributed by atoms with Crippen molar-refractivity contribution in [3.05, 3.63) is 88.2 Å². The smallest absolute Gasteiger partial charge is 0.429 e. The van der Waals surface area contributed by atoms with Gasteiger partial charge in [-0.1, -0.05) is 52.3 Å². The van der Waals surface area contributed by atoms with E-state index in [0.717, 1.165) is 5.56 Å². The summed E-state index contributed by atoms with van der Waals surface area (Å²) in [5, 5.41) is 14.2. The Morgan fingerprint density at radius 2 is 1.84 bits per heavy atom. The number of ether oxygens (including phenoxy) is 2. The van der Waals surface area contributed by atoms with Gasteiger partial charge in [-0.3, -0.25) is 4.90 Å². The number of aliphatic carboxylic acids is 1. The number of carboxylic acids is 1. The number of carbonyl (C=O) groups excluding carboxylic acids is 1. The number of aromatic nitrogens is 4. The Labute approximate surface area is 287 Å². The zero-order valence-corrected chi connectivity index (χ0v) is 27.9. The molecule has 0 bridgehead atoms. The minimum atomic E-state index is -4.83. The van der Waals surface area contributed by atoms with Gasteiger partial charge in [0.1, 0.15) is 18.5 Å². The van der Waals surface area contributed by atoms with Crippen molar-refractivity contribution in [1.29, 1.82) is 0 Å². The fourth-order valence-corrected chi connectivity index (χ4v) is 6.76. The molecule has 4 heterocycles. The van der Waals surface area contributed by atoms with E-state index in [0.29, 0.717) is 36.1 Å². The quantitative estimate of drug-likeness (QED) is 0.218. The van der Waals surface area contributed by atoms with Gasteiger partial charge in [-0.15, -0.1) is 0 Å². The number of likely N-dealkylation sites (tertiary alicyclic amines) is 1. The molecule has 3 N–H and O–H groups in total. The van der Waals surface area contributed by atoms with Gasteiger partial charge in [0.05, 0.1) is 11.4 Å². The van der Waals surface area contributed by atoms with Crippen LogP contribution in [-0.2, 0) is 16.1 Å². The average molecular weight is 745 g/mol. The molecule has 2 aliphatic heterocycles. The van der Waals surface area contributed by atoms with Crippen LogP contribution in [0.25, 0.3) is 5.69 Å². The van der Waals surface area contributed by atoms with E-state index >= 15 is 0 Å². The molecule has 0 aliphatic carbocycles. The van der Waals surface area contributed by atoms with Gasteiger partial charge in [-0.25, -0.2) is 14.3 Å². The van der Waals surface area contributed by atoms with Gasteiger partial charge in [0.25, 0.3) is 0 Å². The maximum absolute atomic E-state index is 14.6. The van der Waals surface area contributed by atoms with Crippen LogP contribution in [0.15, 0.2) is 71.3 Å². The molecule has 1 spiro atoms. The lowest BCUT2D eigenvalue weighted by Crippen LogP contribution is -2.43. The number of nitrogen functional groups attached to an aromatic ring is 1. The summed E-state index contributed by atoms with van der Waals surface area (Å²) in [5.74, 6) is -1.48. The summed E-state index contributed by atoms with van der Waals surface area (Å²) in [5.41, 5.74) is 6.87. The van der Waals surface area contributed by atoms with Crippen LogP contribution < -0.4 is 15.4 Å². The van der Waals surface area contributed by atoms with Crippen molar-refractivity contribution in [3.63, 3.8) is 0 Å². The highest BCUT2D eigenvalue weighted by Crippen LogP contribution is 2.45. The number of benzene rings is 2. The fraction of sp³-hybridized carbons (Fsp3) is 0.364. The summed E-state index contributed by atoms with van der Waals surface area (Å²) in [7, 11) is 0. The number of amides is 1. The number of aryl methyl sites for hydroxylation is 1. The highest BCUT2D eigenvalue weighted by Gasteiger charge is 2.51. The summed E-state index contributed by atoms with van der Waals surface area (Å²) >= 11 is 3.33. The van der Waals surface area contributed by atoms with Crippen LogP contribution in [0.4, 0.5) is 29.7 Å². The molecule has 1 amide bonds. The van der Waals surface area contributed by atoms with Crippen LogP contribution in [0.1, 0.15) is 42.2 Å². The molecule has 2 aromatic carbocycles. The van der Waals surface area contributed by atoms with E-state index < -0.39 is 35.8 Å². The van der Waals surface area contributed by atoms with Gasteiger partial charge >= 0.3 is 18.2 Å². The van der Waals surface area contributed by atoms with Gasteiger partial charge in [-0.2, -0.15) is 28.2 Å². The Bertz CT molecular complexity index is 1830. The summed E-state index contributed by atoms with van der Waals surface area (Å²) in [6.07, 6.45) is -5.14. The molecule has 16 heteroatoms. The van der Waals surface area contributed by atoms with Crippen LogP contribution in [0.3, 0.4) is 0 Å². The zero-order chi connectivity index (χ0) is 34.9. The molecular formula is C33H33BrF3N7O5. The molecule has 0 saturated carbocycles. The van der Waals surface area contributed by atoms with E-state index in [1.54, 1.807) is 19.2 Å². The van der Waals surface area contributed by atoms with E-state index in [4.69, 9.17) is 15.2 Å². The Hall–Kier alpha value is -4.86. The predicted molar refractivity (Wildman–Crippen MR) is 175 cm³/mol. The summed E-state index contributed by atoms with van der Waals surface area (Å²) in [6.45, 7) is 2.71. The topological polar surface area (TPSA) is 149 Å². The second-order valence-electron chi connectivity index (χ2n) is 12.3. The van der Waals surface area contributed by atoms with Crippen LogP contribution >= 0.6 is 15.9 Å². The minimum absolute atomic E-state index is 0.0179. The van der Waals surface area contributed by atoms with Crippen LogP contribution in [0, 0.1) is 12.3 Å². The van der Waals surface area contributed by atoms with Crippen LogP contribution in [-0.4, -0.2) is 73.7 Å². The van der Waals surface area contributed by atoms with E-state index in [2.05, 4.69) is 31.0 Å². The number of carboxylic acid groups (broad SMARTS) is 1. The Morgan fingerprint density at radius 1 is 1.10 bits per heavy atom. The first-order valence-electron chi connectivity index (χ1n) is 15.5. The predicted octanol–water partition coefficient (Wildman–Crippen LogP) is 6.08. The number of halogens is 4. The molecule has 2 aliphatic rings. The van der Waals surface area contributed by atoms with E-state index in [9.17, 15) is 27.9 Å². The highest BCUT2D eigenvalue weighted by atomic mass is 79.9. The maximum Gasteiger partial charge on any atom is 0.429 e. The third-order valence-corrected chi connectivity index (χ3v) is 9.36. The summed E-state index contributed by atoms with van der Waals surface area (Å²) in [4.78, 5) is 36.5. The number of hydrogen-bond donors (Lipinski definition) is 2. The number of nitrogens with two attached hydrogens (primary N) is 1. The molecular weight excluding hydrogens is 711 g/mol. The van der Waals surface area contributed by atoms with Gasteiger partial charge in [0.15, 0.2) is 0 Å². The third kappa shape index (κ3) is 7.58. The molecule has 2 atom stereocenters. The number of alkyl halides is 3. The molecule has 1 unspecified atom stereocenters. The van der Waals surface area contributed by atoms with Crippen molar-refractivity contribution in [2.45, 2.75) is 51.1 Å². The normalized spacial score (nSPS) is 18.0. The van der Waals surface area contributed by atoms with Gasteiger partial charge < -0.3 is 25.2 Å². The zero-order valence-electron chi connectivity index (χ0n) is 26.3. The monoisotopic (exact) mass is 743 g/mol. The second-order valence-corrected chi connectivity index (χ2v) is 13.2. The Kier molecular flexibility index (Phi) is 9.42. The number of anilines is 2. The largest absolute Gasteiger partial charge is 0.480 e. The Balaban J connectivity index is 1.18. The van der Waals surface area contributed by atoms with Gasteiger partial charge in [0, 0.05) is 41.9 Å². The second kappa shape index (κ2) is 13.6. The lowest BCUT2D eigenvalue weighted by atomic mass is 9.76. The van der Waals surface area contributed by atoms with Gasteiger partial charge in [-0.05, 0) is 55.4 Å². The van der Waals surface area contributed by atoms with E-state index in [1.165, 1.54) is 33.8 Å². The minimum Gasteiger partial charge on any atom is -0.480 e. The number of nitrogens with zero attached hydrogens (tertiary/aromatic N) is 6. The fourth-order valence-electron chi connectivity index (χ4n) is 6.41. The summed E-state index contributed by atoms with van der Waals surface area (Å²) in [6, 6.07) is 15.4. The molecule has 2 saturated heterocycles. The number of rotatable bonds is 8. The van der Waals surface area contributed by atoms with Crippen LogP contribution in [0.2, 0.25) is 0 Å². The van der Waals surface area contributed by atoms with Crippen molar-refractivity contribution in [2.75, 3.05) is 30.3 Å². The van der Waals surface area contributed by atoms with Crippen molar-refractivity contribution >= 4 is 39.8 Å². The molecule has 258 valence electrons. The van der Waals surface area contributed by atoms with Crippen molar-refractivity contribution in [1.82, 2.24) is 24.6 Å². The standard InChI is InChI=1S/C33H33BrF3N7O5/c1-20-9-12-44(41-20)24-15-22(34)7-8-23(24)28(33(35,36)37)49-27-16-26(39-30(38)40-27)42-13-10-32(11-14-42)17-25(29(45)46)43(19-32)31(47)48-18-21-5-3-2-4-6-21/h2-9,12,15-16,25,28H,10-11,13-14,17-19H2,1H3,(H,45,46)(H2,38,39,40)/t25?,28-/m1/s1. The van der Waals surface area contributed by atoms with Gasteiger partial charge in [0.2, 0.25) is 17.9 Å². The summed E-state index contributed by atoms with van der Waals surface area (Å²) < 4.78 is 56.7.